The maximum absolute atomic E-state index is 11.5. The van der Waals surface area contributed by atoms with Crippen LogP contribution in [0.5, 0.6) is 0 Å². The van der Waals surface area contributed by atoms with E-state index in [1.54, 1.807) is 10.6 Å². The molecule has 76 valence electrons. The molecule has 4 heteroatoms. The van der Waals surface area contributed by atoms with E-state index < -0.39 is 0 Å². The van der Waals surface area contributed by atoms with Crippen molar-refractivity contribution < 1.29 is 0 Å². The molecule has 4 nitrogen and oxygen atoms in total. The first-order valence-electron chi connectivity index (χ1n) is 4.62. The van der Waals surface area contributed by atoms with Crippen molar-refractivity contribution in [1.82, 2.24) is 9.55 Å². The molecule has 0 fully saturated rings. The number of hydrogen-bond acceptors (Lipinski definition) is 3. The topological polar surface area (TPSA) is 46.9 Å². The summed E-state index contributed by atoms with van der Waals surface area (Å²) in [4.78, 5) is 15.4. The third-order valence-electron chi connectivity index (χ3n) is 1.89. The minimum atomic E-state index is -0.235. The van der Waals surface area contributed by atoms with Crippen molar-refractivity contribution in [3.05, 3.63) is 34.9 Å². The van der Waals surface area contributed by atoms with Crippen molar-refractivity contribution in [3.63, 3.8) is 0 Å². The van der Waals surface area contributed by atoms with Crippen molar-refractivity contribution in [2.45, 2.75) is 20.4 Å². The number of nitrogens with one attached hydrogen (secondary N) is 1. The normalized spacial score (nSPS) is 9.86. The maximum Gasteiger partial charge on any atom is 0.349 e. The smallest absolute Gasteiger partial charge is 0.349 e. The highest BCUT2D eigenvalue weighted by molar-refractivity contribution is 5.34. The second-order valence-corrected chi connectivity index (χ2v) is 2.99. The minimum absolute atomic E-state index is 0.235. The van der Waals surface area contributed by atoms with Gasteiger partial charge < -0.3 is 5.32 Å². The average Bonchev–Trinajstić information content (AvgIpc) is 2.12. The van der Waals surface area contributed by atoms with E-state index in [1.807, 2.05) is 19.9 Å². The van der Waals surface area contributed by atoms with Crippen LogP contribution in [0.25, 0.3) is 0 Å². The Kier molecular flexibility index (Phi) is 3.45. The van der Waals surface area contributed by atoms with Gasteiger partial charge >= 0.3 is 5.69 Å². The molecule has 0 aliphatic carbocycles. The average molecular weight is 193 g/mol. The lowest BCUT2D eigenvalue weighted by atomic mass is 10.4. The number of hydrogen-bond donors (Lipinski definition) is 1. The fraction of sp³-hybridized carbons (Fsp3) is 0.400. The van der Waals surface area contributed by atoms with Crippen molar-refractivity contribution >= 4 is 5.82 Å². The van der Waals surface area contributed by atoms with Gasteiger partial charge in [-0.1, -0.05) is 6.08 Å². The summed E-state index contributed by atoms with van der Waals surface area (Å²) in [7, 11) is 0. The largest absolute Gasteiger partial charge is 0.370 e. The van der Waals surface area contributed by atoms with E-state index in [4.69, 9.17) is 0 Å². The Morgan fingerprint density at radius 1 is 1.71 bits per heavy atom. The highest BCUT2D eigenvalue weighted by Gasteiger charge is 2.02. The molecule has 14 heavy (non-hydrogen) atoms. The van der Waals surface area contributed by atoms with E-state index in [9.17, 15) is 4.79 Å². The number of aryl methyl sites for hydroxylation is 1. The van der Waals surface area contributed by atoms with Crippen molar-refractivity contribution in [2.75, 3.05) is 11.9 Å². The minimum Gasteiger partial charge on any atom is -0.370 e. The molecule has 0 unspecified atom stereocenters. The lowest BCUT2D eigenvalue weighted by molar-refractivity contribution is 0.716. The molecule has 1 N–H and O–H groups in total. The van der Waals surface area contributed by atoms with Gasteiger partial charge in [-0.25, -0.2) is 4.79 Å². The van der Waals surface area contributed by atoms with Gasteiger partial charge in [0.1, 0.15) is 5.82 Å². The molecule has 1 aromatic rings. The molecule has 0 atom stereocenters. The van der Waals surface area contributed by atoms with E-state index in [-0.39, 0.29) is 5.69 Å². The van der Waals surface area contributed by atoms with Crippen LogP contribution in [0.3, 0.4) is 0 Å². The van der Waals surface area contributed by atoms with E-state index >= 15 is 0 Å². The Labute approximate surface area is 83.3 Å². The predicted molar refractivity (Wildman–Crippen MR) is 57.6 cm³/mol. The first kappa shape index (κ1) is 10.5. The van der Waals surface area contributed by atoms with Crippen molar-refractivity contribution in [1.29, 1.82) is 0 Å². The molecule has 0 aliphatic rings. The summed E-state index contributed by atoms with van der Waals surface area (Å²) in [6.45, 7) is 8.71. The Morgan fingerprint density at radius 2 is 2.43 bits per heavy atom. The summed E-state index contributed by atoms with van der Waals surface area (Å²) >= 11 is 0. The zero-order valence-corrected chi connectivity index (χ0v) is 8.58. The van der Waals surface area contributed by atoms with Crippen LogP contribution in [-0.2, 0) is 6.54 Å². The monoisotopic (exact) mass is 193 g/mol. The highest BCUT2D eigenvalue weighted by atomic mass is 16.1. The van der Waals surface area contributed by atoms with E-state index in [2.05, 4.69) is 16.9 Å². The second-order valence-electron chi connectivity index (χ2n) is 2.99. The molecule has 1 aromatic heterocycles. The van der Waals surface area contributed by atoms with E-state index in [1.165, 1.54) is 0 Å². The molecular weight excluding hydrogens is 178 g/mol. The van der Waals surface area contributed by atoms with Crippen LogP contribution in [0.15, 0.2) is 23.5 Å². The highest BCUT2D eigenvalue weighted by Crippen LogP contribution is 2.02. The van der Waals surface area contributed by atoms with E-state index in [0.29, 0.717) is 12.4 Å². The van der Waals surface area contributed by atoms with Gasteiger partial charge in [-0.3, -0.25) is 4.57 Å². The van der Waals surface area contributed by atoms with Crippen LogP contribution < -0.4 is 11.0 Å². The van der Waals surface area contributed by atoms with Gasteiger partial charge in [0, 0.05) is 24.8 Å². The lowest BCUT2D eigenvalue weighted by Crippen LogP contribution is -2.25. The first-order chi connectivity index (χ1) is 6.69. The molecule has 1 rings (SSSR count). The van der Waals surface area contributed by atoms with Crippen LogP contribution in [0.4, 0.5) is 5.82 Å². The van der Waals surface area contributed by atoms with Gasteiger partial charge in [-0.05, 0) is 13.8 Å². The zero-order valence-electron chi connectivity index (χ0n) is 8.58. The molecule has 0 aliphatic heterocycles. The van der Waals surface area contributed by atoms with Crippen LogP contribution >= 0.6 is 0 Å². The number of allylic oxidation sites excluding steroid dienone is 1. The Balaban J connectivity index is 3.11. The summed E-state index contributed by atoms with van der Waals surface area (Å²) < 4.78 is 1.58. The van der Waals surface area contributed by atoms with Crippen LogP contribution in [0.2, 0.25) is 0 Å². The van der Waals surface area contributed by atoms with Gasteiger partial charge in [-0.2, -0.15) is 4.98 Å². The number of aromatic nitrogens is 2. The van der Waals surface area contributed by atoms with Gasteiger partial charge in [0.15, 0.2) is 0 Å². The number of rotatable bonds is 4. The third kappa shape index (κ3) is 2.22. The predicted octanol–water partition coefficient (Wildman–Crippen LogP) is 1.17. The van der Waals surface area contributed by atoms with Gasteiger partial charge in [0.2, 0.25) is 0 Å². The van der Waals surface area contributed by atoms with Crippen LogP contribution in [0, 0.1) is 6.92 Å². The van der Waals surface area contributed by atoms with Crippen molar-refractivity contribution in [3.8, 4) is 0 Å². The van der Waals surface area contributed by atoms with Gasteiger partial charge in [0.25, 0.3) is 0 Å². The SMILES string of the molecule is C=CCn1c(C)cc(NCC)nc1=O. The molecule has 0 saturated carbocycles. The van der Waals surface area contributed by atoms with Gasteiger partial charge in [-0.15, -0.1) is 6.58 Å². The lowest BCUT2D eigenvalue weighted by Gasteiger charge is -2.08. The number of anilines is 1. The van der Waals surface area contributed by atoms with E-state index in [0.717, 1.165) is 12.2 Å². The zero-order chi connectivity index (χ0) is 10.6. The molecule has 0 amide bonds. The van der Waals surface area contributed by atoms with Gasteiger partial charge in [0.05, 0.1) is 0 Å². The molecule has 0 aromatic carbocycles. The summed E-state index contributed by atoms with van der Waals surface area (Å²) in [6, 6.07) is 1.86. The Hall–Kier alpha value is -1.58. The standard InChI is InChI=1S/C10H15N3O/c1-4-6-13-8(3)7-9(11-5-2)12-10(13)14/h4,7H,1,5-6H2,2-3H3,(H,11,12,14). The quantitative estimate of drug-likeness (QED) is 0.730. The molecule has 0 bridgehead atoms. The fourth-order valence-electron chi connectivity index (χ4n) is 1.25. The summed E-state index contributed by atoms with van der Waals surface area (Å²) in [5.74, 6) is 0.635. The fourth-order valence-corrected chi connectivity index (χ4v) is 1.25. The molecule has 0 spiro atoms. The van der Waals surface area contributed by atoms with Crippen LogP contribution in [-0.4, -0.2) is 16.1 Å². The molecule has 0 saturated heterocycles. The molecule has 1 heterocycles. The summed E-state index contributed by atoms with van der Waals surface area (Å²) in [6.07, 6.45) is 1.68. The second kappa shape index (κ2) is 4.60. The molecular formula is C10H15N3O. The Morgan fingerprint density at radius 3 is 2.93 bits per heavy atom. The van der Waals surface area contributed by atoms with Crippen molar-refractivity contribution in [2.24, 2.45) is 0 Å². The summed E-state index contributed by atoms with van der Waals surface area (Å²) in [5.41, 5.74) is 0.654. The van der Waals surface area contributed by atoms with Crippen LogP contribution in [0.1, 0.15) is 12.6 Å². The maximum atomic E-state index is 11.5. The number of nitrogens with zero attached hydrogens (tertiary/aromatic N) is 2. The Bertz CT molecular complexity index is 381. The first-order valence-corrected chi connectivity index (χ1v) is 4.62. The summed E-state index contributed by atoms with van der Waals surface area (Å²) in [5, 5.41) is 3.01. The molecule has 0 radical (unpaired) electrons. The third-order valence-corrected chi connectivity index (χ3v) is 1.89.